The molecule has 15 N–H and O–H groups in total. The van der Waals surface area contributed by atoms with Gasteiger partial charge in [-0.15, -0.1) is 0 Å². The highest BCUT2D eigenvalue weighted by Crippen LogP contribution is 2.20. The lowest BCUT2D eigenvalue weighted by Gasteiger charge is -2.27. The Labute approximate surface area is 438 Å². The summed E-state index contributed by atoms with van der Waals surface area (Å²) in [6.45, 7) is 13.1. The van der Waals surface area contributed by atoms with Gasteiger partial charge in [0.15, 0.2) is 5.78 Å². The fourth-order valence-electron chi connectivity index (χ4n) is 8.78. The van der Waals surface area contributed by atoms with Crippen LogP contribution < -0.4 is 59.7 Å². The third-order valence-electron chi connectivity index (χ3n) is 12.8. The Balaban J connectivity index is 2.68. The summed E-state index contributed by atoms with van der Waals surface area (Å²) in [5.74, 6) is -6.71. The lowest BCUT2D eigenvalue weighted by atomic mass is 9.88. The molecule has 0 aliphatic carbocycles. The lowest BCUT2D eigenvalue weighted by Crippen LogP contribution is -2.59. The van der Waals surface area contributed by atoms with Crippen molar-refractivity contribution in [2.75, 3.05) is 26.2 Å². The Bertz CT molecular complexity index is 1940. The van der Waals surface area contributed by atoms with Gasteiger partial charge in [0.1, 0.15) is 36.3 Å². The first-order valence-electron chi connectivity index (χ1n) is 26.9. The molecule has 1 saturated heterocycles. The van der Waals surface area contributed by atoms with Crippen LogP contribution in [0.25, 0.3) is 0 Å². The summed E-state index contributed by atoms with van der Waals surface area (Å²) in [5, 5.41) is 32.4. The van der Waals surface area contributed by atoms with E-state index in [4.69, 9.17) is 17.2 Å². The average Bonchev–Trinajstić information content (AvgIpc) is 3.33. The molecule has 0 saturated carbocycles. The highest BCUT2D eigenvalue weighted by Gasteiger charge is 2.36. The van der Waals surface area contributed by atoms with E-state index in [0.717, 1.165) is 19.3 Å². The van der Waals surface area contributed by atoms with Crippen molar-refractivity contribution in [2.24, 2.45) is 40.9 Å². The fraction of sp³-hybridized carbons (Fsp3) is 0.717. The van der Waals surface area contributed by atoms with Crippen molar-refractivity contribution in [1.82, 2.24) is 42.5 Å². The molecule has 0 radical (unpaired) electrons. The molecule has 0 unspecified atom stereocenters. The predicted octanol–water partition coefficient (Wildman–Crippen LogP) is 0.624. The molecule has 21 nitrogen and oxygen atoms in total. The monoisotopic (exact) mass is 1040 g/mol. The van der Waals surface area contributed by atoms with Crippen LogP contribution in [0.15, 0.2) is 30.3 Å². The molecule has 9 atom stereocenters. The molecule has 0 aromatic heterocycles. The van der Waals surface area contributed by atoms with Crippen LogP contribution in [-0.4, -0.2) is 133 Å². The van der Waals surface area contributed by atoms with Gasteiger partial charge in [0.05, 0.1) is 18.6 Å². The predicted molar refractivity (Wildman–Crippen MR) is 283 cm³/mol. The molecule has 1 aromatic rings. The third kappa shape index (κ3) is 24.7. The maximum Gasteiger partial charge on any atom is 0.243 e. The summed E-state index contributed by atoms with van der Waals surface area (Å²) in [5.41, 5.74) is 18.5. The number of nitrogens with one attached hydrogen (secondary N) is 8. The van der Waals surface area contributed by atoms with Crippen molar-refractivity contribution in [1.29, 1.82) is 0 Å². The zero-order valence-electron chi connectivity index (χ0n) is 45.1. The van der Waals surface area contributed by atoms with E-state index in [9.17, 15) is 48.3 Å². The number of aliphatic hydroxyl groups is 1. The number of unbranched alkanes of at least 4 members (excludes halogenated alkanes) is 1. The molecule has 1 aliphatic rings. The number of amides is 8. The summed E-state index contributed by atoms with van der Waals surface area (Å²) in [6.07, 6.45) is 2.12. The van der Waals surface area contributed by atoms with Crippen LogP contribution in [0.4, 0.5) is 0 Å². The zero-order valence-corrected chi connectivity index (χ0v) is 45.1. The summed E-state index contributed by atoms with van der Waals surface area (Å²) < 4.78 is 0. The maximum atomic E-state index is 14.5. The summed E-state index contributed by atoms with van der Waals surface area (Å²) in [7, 11) is 0. The number of carbonyl (C=O) groups is 9. The van der Waals surface area contributed by atoms with Crippen LogP contribution in [0.1, 0.15) is 144 Å². The number of hydrogen-bond acceptors (Lipinski definition) is 13. The van der Waals surface area contributed by atoms with E-state index in [1.807, 2.05) is 34.6 Å². The van der Waals surface area contributed by atoms with E-state index in [1.165, 1.54) is 0 Å². The molecule has 74 heavy (non-hydrogen) atoms. The van der Waals surface area contributed by atoms with E-state index in [0.29, 0.717) is 24.3 Å². The first-order valence-corrected chi connectivity index (χ1v) is 26.9. The zero-order chi connectivity index (χ0) is 55.3. The van der Waals surface area contributed by atoms with Gasteiger partial charge in [-0.05, 0) is 101 Å². The Morgan fingerprint density at radius 2 is 1.18 bits per heavy atom. The summed E-state index contributed by atoms with van der Waals surface area (Å²) in [4.78, 5) is 126. The minimum atomic E-state index is -1.44. The standard InChI is InChI=1S/C53H91N11O10/c1-8-14-38-49(70)64-44(28-34(6)7)48(69)57-26-22-42(62-50(71)39(19-23-54)58-46(67)31-37(65)18-13-12-15-32(2)3)53(74)61-41(21-25-56)52(73)63-43(29-35-16-10-9-11-17-35)45(66)30-36(27-33(4)5)47(68)59-40(20-24-55)51(72)60-38/h9-11,16-17,32-34,36-44,65H,8,12-15,18-31,54-56H2,1-7H3,(H,57,69)(H,58,67)(H,59,68)(H,60,72)(H,61,74)(H,62,71)(H,63,73)(H,64,70)/t36-,37-,38+,39-,40+,41+,42+,43-,44+/m1/s1. The van der Waals surface area contributed by atoms with Gasteiger partial charge in [0.2, 0.25) is 47.3 Å². The van der Waals surface area contributed by atoms with E-state index in [-0.39, 0.29) is 102 Å². The van der Waals surface area contributed by atoms with Crippen molar-refractivity contribution in [3.63, 3.8) is 0 Å². The Morgan fingerprint density at radius 3 is 1.73 bits per heavy atom. The molecule has 418 valence electrons. The lowest BCUT2D eigenvalue weighted by molar-refractivity contribution is -0.136. The summed E-state index contributed by atoms with van der Waals surface area (Å²) >= 11 is 0. The van der Waals surface area contributed by atoms with Gasteiger partial charge in [-0.3, -0.25) is 43.2 Å². The first kappa shape index (κ1) is 64.6. The molecule has 8 amide bonds. The number of carbonyl (C=O) groups excluding carboxylic acids is 9. The van der Waals surface area contributed by atoms with E-state index >= 15 is 0 Å². The van der Waals surface area contributed by atoms with Crippen LogP contribution in [0.5, 0.6) is 0 Å². The van der Waals surface area contributed by atoms with Crippen molar-refractivity contribution < 1.29 is 48.3 Å². The Hall–Kier alpha value is -5.51. The number of hydrogen-bond donors (Lipinski definition) is 12. The van der Waals surface area contributed by atoms with Crippen LogP contribution in [0.2, 0.25) is 0 Å². The molecule has 1 aromatic carbocycles. The van der Waals surface area contributed by atoms with Gasteiger partial charge < -0.3 is 64.8 Å². The quantitative estimate of drug-likeness (QED) is 0.0633. The van der Waals surface area contributed by atoms with Gasteiger partial charge >= 0.3 is 0 Å². The van der Waals surface area contributed by atoms with Crippen molar-refractivity contribution in [3.8, 4) is 0 Å². The highest BCUT2D eigenvalue weighted by molar-refractivity contribution is 5.98. The smallest absolute Gasteiger partial charge is 0.243 e. The van der Waals surface area contributed by atoms with Crippen LogP contribution in [-0.2, 0) is 49.6 Å². The largest absolute Gasteiger partial charge is 0.393 e. The molecule has 21 heteroatoms. The van der Waals surface area contributed by atoms with E-state index in [2.05, 4.69) is 56.4 Å². The van der Waals surface area contributed by atoms with Gasteiger partial charge in [-0.2, -0.15) is 0 Å². The van der Waals surface area contributed by atoms with Crippen LogP contribution >= 0.6 is 0 Å². The molecule has 1 heterocycles. The highest BCUT2D eigenvalue weighted by atomic mass is 16.3. The molecule has 0 bridgehead atoms. The Morgan fingerprint density at radius 1 is 0.635 bits per heavy atom. The SMILES string of the molecule is CCC[C@@H]1NC(=O)[C@H](CCN)NC(=O)[C@H](CC(C)C)CC(=O)[C@@H](Cc2ccccc2)NC(=O)[C@H](CCN)NC(=O)[C@@H](NC(=O)[C@@H](CCN)NC(=O)C[C@H](O)CCCCC(C)C)CCNC(=O)[C@H](CC(C)C)NC1=O. The first-order chi connectivity index (χ1) is 35.1. The minimum Gasteiger partial charge on any atom is -0.393 e. The van der Waals surface area contributed by atoms with Crippen LogP contribution in [0.3, 0.4) is 0 Å². The molecule has 0 spiro atoms. The topological polar surface area (TPSA) is 348 Å². The van der Waals surface area contributed by atoms with Crippen LogP contribution in [0, 0.1) is 23.7 Å². The normalized spacial score (nSPS) is 23.2. The van der Waals surface area contributed by atoms with E-state index < -0.39 is 107 Å². The molecular formula is C53H91N11O10. The second-order valence-electron chi connectivity index (χ2n) is 20.9. The number of Topliss-reactive ketones (excluding diaryl/α,β-unsaturated/α-hetero) is 1. The fourth-order valence-corrected chi connectivity index (χ4v) is 8.78. The van der Waals surface area contributed by atoms with Crippen molar-refractivity contribution in [2.45, 2.75) is 193 Å². The summed E-state index contributed by atoms with van der Waals surface area (Å²) in [6, 6.07) is 0.262. The van der Waals surface area contributed by atoms with Gasteiger partial charge in [-0.1, -0.05) is 104 Å². The maximum absolute atomic E-state index is 14.5. The minimum absolute atomic E-state index is 0.00162. The third-order valence-corrected chi connectivity index (χ3v) is 12.8. The average molecular weight is 1040 g/mol. The van der Waals surface area contributed by atoms with Crippen molar-refractivity contribution in [3.05, 3.63) is 35.9 Å². The second-order valence-corrected chi connectivity index (χ2v) is 20.9. The van der Waals surface area contributed by atoms with Gasteiger partial charge in [-0.25, -0.2) is 0 Å². The van der Waals surface area contributed by atoms with Crippen molar-refractivity contribution >= 4 is 53.0 Å². The molecule has 2 rings (SSSR count). The Kier molecular flexibility index (Phi) is 30.5. The second kappa shape index (κ2) is 34.9. The number of rotatable bonds is 24. The number of benzene rings is 1. The van der Waals surface area contributed by atoms with Gasteiger partial charge in [0, 0.05) is 18.9 Å². The van der Waals surface area contributed by atoms with Gasteiger partial charge in [0.25, 0.3) is 0 Å². The molecule has 1 aliphatic heterocycles. The number of ketones is 1. The number of aliphatic hydroxyl groups excluding tert-OH is 1. The van der Waals surface area contributed by atoms with E-state index in [1.54, 1.807) is 30.3 Å². The molecular weight excluding hydrogens is 951 g/mol. The molecule has 1 fully saturated rings. The number of nitrogens with two attached hydrogens (primary N) is 3.